The Balaban J connectivity index is 2.55. The molecule has 16 heavy (non-hydrogen) atoms. The first-order chi connectivity index (χ1) is 7.61. The number of aryl methyl sites for hydroxylation is 1. The van der Waals surface area contributed by atoms with E-state index >= 15 is 0 Å². The molecular formula is C10H9Br2N3O. The van der Waals surface area contributed by atoms with E-state index in [9.17, 15) is 0 Å². The molecule has 1 heterocycles. The molecule has 1 aromatic heterocycles. The van der Waals surface area contributed by atoms with Crippen LogP contribution in [0.25, 0.3) is 5.69 Å². The lowest BCUT2D eigenvalue weighted by molar-refractivity contribution is 0.276. The molecule has 0 radical (unpaired) electrons. The third-order valence-electron chi connectivity index (χ3n) is 2.09. The van der Waals surface area contributed by atoms with Gasteiger partial charge in [-0.2, -0.15) is 0 Å². The van der Waals surface area contributed by atoms with Crippen molar-refractivity contribution in [1.82, 2.24) is 15.0 Å². The first-order valence-electron chi connectivity index (χ1n) is 4.60. The van der Waals surface area contributed by atoms with Crippen LogP contribution < -0.4 is 0 Å². The SMILES string of the molecule is Cc1cc(Br)c(-n2cc(CO)nn2)c(Br)c1. The first kappa shape index (κ1) is 11.8. The van der Waals surface area contributed by atoms with Gasteiger partial charge in [-0.25, -0.2) is 4.68 Å². The fraction of sp³-hybridized carbons (Fsp3) is 0.200. The summed E-state index contributed by atoms with van der Waals surface area (Å²) in [5.74, 6) is 0. The van der Waals surface area contributed by atoms with E-state index in [1.807, 2.05) is 19.1 Å². The highest BCUT2D eigenvalue weighted by Gasteiger charge is 2.10. The average Bonchev–Trinajstić information content (AvgIpc) is 2.64. The summed E-state index contributed by atoms with van der Waals surface area (Å²) in [7, 11) is 0. The van der Waals surface area contributed by atoms with E-state index in [4.69, 9.17) is 5.11 Å². The number of nitrogens with zero attached hydrogens (tertiary/aromatic N) is 3. The molecule has 0 saturated carbocycles. The predicted molar refractivity (Wildman–Crippen MR) is 67.4 cm³/mol. The molecule has 4 nitrogen and oxygen atoms in total. The molecule has 0 aliphatic carbocycles. The van der Waals surface area contributed by atoms with Crippen molar-refractivity contribution in [2.75, 3.05) is 0 Å². The summed E-state index contributed by atoms with van der Waals surface area (Å²) in [5, 5.41) is 16.7. The van der Waals surface area contributed by atoms with Gasteiger partial charge in [-0.05, 0) is 56.5 Å². The topological polar surface area (TPSA) is 50.9 Å². The third kappa shape index (κ3) is 2.18. The van der Waals surface area contributed by atoms with Crippen LogP contribution in [0.15, 0.2) is 27.3 Å². The van der Waals surface area contributed by atoms with Crippen molar-refractivity contribution in [1.29, 1.82) is 0 Å². The van der Waals surface area contributed by atoms with E-state index in [1.165, 1.54) is 0 Å². The van der Waals surface area contributed by atoms with Gasteiger partial charge >= 0.3 is 0 Å². The zero-order valence-corrected chi connectivity index (χ0v) is 11.7. The van der Waals surface area contributed by atoms with Gasteiger partial charge in [0.2, 0.25) is 0 Å². The highest BCUT2D eigenvalue weighted by molar-refractivity contribution is 9.11. The minimum Gasteiger partial charge on any atom is -0.390 e. The normalized spacial score (nSPS) is 10.8. The second-order valence-electron chi connectivity index (χ2n) is 3.39. The van der Waals surface area contributed by atoms with Crippen molar-refractivity contribution in [2.45, 2.75) is 13.5 Å². The van der Waals surface area contributed by atoms with E-state index in [0.29, 0.717) is 5.69 Å². The van der Waals surface area contributed by atoms with Crippen LogP contribution in [-0.2, 0) is 6.61 Å². The summed E-state index contributed by atoms with van der Waals surface area (Å²) >= 11 is 6.97. The van der Waals surface area contributed by atoms with Crippen LogP contribution in [0, 0.1) is 6.92 Å². The Kier molecular flexibility index (Phi) is 3.41. The van der Waals surface area contributed by atoms with Crippen molar-refractivity contribution in [3.8, 4) is 5.69 Å². The van der Waals surface area contributed by atoms with Gasteiger partial charge in [-0.15, -0.1) is 5.10 Å². The first-order valence-corrected chi connectivity index (χ1v) is 6.18. The van der Waals surface area contributed by atoms with E-state index in [1.54, 1.807) is 10.9 Å². The fourth-order valence-corrected chi connectivity index (χ4v) is 3.17. The second kappa shape index (κ2) is 4.65. The largest absolute Gasteiger partial charge is 0.390 e. The van der Waals surface area contributed by atoms with Gasteiger partial charge in [0.25, 0.3) is 0 Å². The van der Waals surface area contributed by atoms with Gasteiger partial charge in [-0.1, -0.05) is 5.21 Å². The highest BCUT2D eigenvalue weighted by atomic mass is 79.9. The number of hydrogen-bond acceptors (Lipinski definition) is 3. The molecule has 0 spiro atoms. The van der Waals surface area contributed by atoms with Gasteiger partial charge in [0.15, 0.2) is 0 Å². The quantitative estimate of drug-likeness (QED) is 0.909. The molecule has 84 valence electrons. The minimum atomic E-state index is -0.110. The van der Waals surface area contributed by atoms with Gasteiger partial charge in [0, 0.05) is 8.95 Å². The fourth-order valence-electron chi connectivity index (χ4n) is 1.39. The molecule has 0 bridgehead atoms. The van der Waals surface area contributed by atoms with Crippen molar-refractivity contribution >= 4 is 31.9 Å². The van der Waals surface area contributed by atoms with Crippen LogP contribution >= 0.6 is 31.9 Å². The molecule has 0 aliphatic heterocycles. The zero-order chi connectivity index (χ0) is 11.7. The standard InChI is InChI=1S/C10H9Br2N3O/c1-6-2-8(11)10(9(12)3-6)15-4-7(5-16)13-14-15/h2-4,16H,5H2,1H3. The number of aliphatic hydroxyl groups is 1. The minimum absolute atomic E-state index is 0.110. The lowest BCUT2D eigenvalue weighted by Crippen LogP contribution is -1.98. The summed E-state index contributed by atoms with van der Waals surface area (Å²) < 4.78 is 3.47. The molecule has 2 rings (SSSR count). The Hall–Kier alpha value is -0.720. The summed E-state index contributed by atoms with van der Waals surface area (Å²) in [4.78, 5) is 0. The molecular weight excluding hydrogens is 338 g/mol. The molecule has 0 atom stereocenters. The molecule has 6 heteroatoms. The van der Waals surface area contributed by atoms with E-state index in [2.05, 4.69) is 42.2 Å². The second-order valence-corrected chi connectivity index (χ2v) is 5.10. The maximum atomic E-state index is 8.94. The molecule has 0 amide bonds. The molecule has 2 aromatic rings. The molecule has 0 unspecified atom stereocenters. The Morgan fingerprint density at radius 2 is 1.94 bits per heavy atom. The summed E-state index contributed by atoms with van der Waals surface area (Å²) in [5.41, 5.74) is 2.56. The number of rotatable bonds is 2. The molecule has 1 N–H and O–H groups in total. The summed E-state index contributed by atoms with van der Waals surface area (Å²) in [6, 6.07) is 4.00. The van der Waals surface area contributed by atoms with Crippen LogP contribution in [0.5, 0.6) is 0 Å². The van der Waals surface area contributed by atoms with Crippen molar-refractivity contribution in [3.05, 3.63) is 38.5 Å². The van der Waals surface area contributed by atoms with Gasteiger partial charge in [0.1, 0.15) is 5.69 Å². The van der Waals surface area contributed by atoms with Gasteiger partial charge in [-0.3, -0.25) is 0 Å². The lowest BCUT2D eigenvalue weighted by atomic mass is 10.2. The molecule has 0 fully saturated rings. The van der Waals surface area contributed by atoms with Crippen LogP contribution in [0.3, 0.4) is 0 Å². The van der Waals surface area contributed by atoms with E-state index < -0.39 is 0 Å². The Bertz CT molecular complexity index is 502. The smallest absolute Gasteiger partial charge is 0.109 e. The average molecular weight is 347 g/mol. The van der Waals surface area contributed by atoms with Crippen LogP contribution in [0.2, 0.25) is 0 Å². The number of aromatic nitrogens is 3. The summed E-state index contributed by atoms with van der Waals surface area (Å²) in [6.45, 7) is 1.90. The van der Waals surface area contributed by atoms with E-state index in [0.717, 1.165) is 20.2 Å². The highest BCUT2D eigenvalue weighted by Crippen LogP contribution is 2.30. The Morgan fingerprint density at radius 3 is 2.44 bits per heavy atom. The van der Waals surface area contributed by atoms with E-state index in [-0.39, 0.29) is 6.61 Å². The Labute approximate surface area is 110 Å². The molecule has 0 saturated heterocycles. The number of hydrogen-bond donors (Lipinski definition) is 1. The van der Waals surface area contributed by atoms with Crippen molar-refractivity contribution in [3.63, 3.8) is 0 Å². The molecule has 0 aliphatic rings. The maximum absolute atomic E-state index is 8.94. The Morgan fingerprint density at radius 1 is 1.31 bits per heavy atom. The van der Waals surface area contributed by atoms with Crippen molar-refractivity contribution in [2.24, 2.45) is 0 Å². The maximum Gasteiger partial charge on any atom is 0.109 e. The van der Waals surface area contributed by atoms with Crippen LogP contribution in [0.1, 0.15) is 11.3 Å². The van der Waals surface area contributed by atoms with Crippen LogP contribution in [-0.4, -0.2) is 20.1 Å². The number of halogens is 2. The zero-order valence-electron chi connectivity index (χ0n) is 8.48. The summed E-state index contributed by atoms with van der Waals surface area (Å²) in [6.07, 6.45) is 1.69. The number of benzene rings is 1. The lowest BCUT2D eigenvalue weighted by Gasteiger charge is -2.07. The van der Waals surface area contributed by atoms with Crippen molar-refractivity contribution < 1.29 is 5.11 Å². The third-order valence-corrected chi connectivity index (χ3v) is 3.30. The van der Waals surface area contributed by atoms with Gasteiger partial charge < -0.3 is 5.11 Å². The number of aliphatic hydroxyl groups excluding tert-OH is 1. The van der Waals surface area contributed by atoms with Crippen LogP contribution in [0.4, 0.5) is 0 Å². The predicted octanol–water partition coefficient (Wildman–Crippen LogP) is 2.59. The molecule has 1 aromatic carbocycles. The van der Waals surface area contributed by atoms with Gasteiger partial charge in [0.05, 0.1) is 18.5 Å². The monoisotopic (exact) mass is 345 g/mol.